The number of aromatic nitrogens is 2. The average Bonchev–Trinajstić information content (AvgIpc) is 3.23. The van der Waals surface area contributed by atoms with Crippen LogP contribution >= 0.6 is 22.7 Å². The van der Waals surface area contributed by atoms with Gasteiger partial charge in [0.1, 0.15) is 0 Å². The predicted octanol–water partition coefficient (Wildman–Crippen LogP) is 2.98. The number of fused-ring (bicyclic) bond motifs is 2. The van der Waals surface area contributed by atoms with Crippen molar-refractivity contribution in [2.75, 3.05) is 0 Å². The lowest BCUT2D eigenvalue weighted by molar-refractivity contribution is 0.0846. The molecule has 0 radical (unpaired) electrons. The molecule has 0 aliphatic rings. The molecule has 0 spiro atoms. The first-order valence-electron chi connectivity index (χ1n) is 7.02. The fourth-order valence-electron chi connectivity index (χ4n) is 2.16. The molecular formula is C16H10N4O2S2. The van der Waals surface area contributed by atoms with Crippen molar-refractivity contribution in [1.82, 2.24) is 20.8 Å². The van der Waals surface area contributed by atoms with E-state index in [1.54, 1.807) is 0 Å². The molecule has 0 atom stereocenters. The maximum atomic E-state index is 12.1. The molecule has 8 heteroatoms. The van der Waals surface area contributed by atoms with Crippen LogP contribution in [0.1, 0.15) is 19.6 Å². The predicted molar refractivity (Wildman–Crippen MR) is 94.2 cm³/mol. The normalized spacial score (nSPS) is 10.8. The molecule has 24 heavy (non-hydrogen) atoms. The third kappa shape index (κ3) is 2.72. The zero-order valence-electron chi connectivity index (χ0n) is 12.1. The molecule has 2 aromatic heterocycles. The summed E-state index contributed by atoms with van der Waals surface area (Å²) in [5.41, 5.74) is 6.27. The van der Waals surface area contributed by atoms with Crippen LogP contribution in [0.3, 0.4) is 0 Å². The van der Waals surface area contributed by atoms with Crippen LogP contribution in [-0.4, -0.2) is 21.8 Å². The highest BCUT2D eigenvalue weighted by molar-refractivity contribution is 7.20. The van der Waals surface area contributed by atoms with Crippen LogP contribution in [0.5, 0.6) is 0 Å². The van der Waals surface area contributed by atoms with Crippen molar-refractivity contribution in [1.29, 1.82) is 0 Å². The molecule has 0 saturated carbocycles. The number of nitrogens with zero attached hydrogens (tertiary/aromatic N) is 2. The van der Waals surface area contributed by atoms with E-state index in [9.17, 15) is 9.59 Å². The van der Waals surface area contributed by atoms with Gasteiger partial charge in [-0.1, -0.05) is 24.3 Å². The van der Waals surface area contributed by atoms with Gasteiger partial charge in [-0.25, -0.2) is 9.97 Å². The lowest BCUT2D eigenvalue weighted by atomic mass is 10.3. The number of para-hydroxylation sites is 2. The largest absolute Gasteiger partial charge is 0.298 e. The maximum absolute atomic E-state index is 12.1. The Bertz CT molecular complexity index is 918. The molecule has 2 aromatic carbocycles. The quantitative estimate of drug-likeness (QED) is 0.542. The van der Waals surface area contributed by atoms with Crippen LogP contribution in [-0.2, 0) is 0 Å². The summed E-state index contributed by atoms with van der Waals surface area (Å²) >= 11 is 2.54. The van der Waals surface area contributed by atoms with Gasteiger partial charge in [0, 0.05) is 0 Å². The lowest BCUT2D eigenvalue weighted by Gasteiger charge is -2.02. The Morgan fingerprint density at radius 1 is 0.708 bits per heavy atom. The van der Waals surface area contributed by atoms with Crippen LogP contribution in [0.15, 0.2) is 48.5 Å². The number of amides is 2. The summed E-state index contributed by atoms with van der Waals surface area (Å²) in [7, 11) is 0. The molecule has 6 nitrogen and oxygen atoms in total. The van der Waals surface area contributed by atoms with E-state index >= 15 is 0 Å². The molecule has 0 aliphatic carbocycles. The minimum absolute atomic E-state index is 0.292. The number of carbonyl (C=O) groups excluding carboxylic acids is 2. The number of benzene rings is 2. The summed E-state index contributed by atoms with van der Waals surface area (Å²) in [6, 6.07) is 14.9. The zero-order valence-corrected chi connectivity index (χ0v) is 13.8. The van der Waals surface area contributed by atoms with E-state index in [4.69, 9.17) is 0 Å². The van der Waals surface area contributed by atoms with E-state index in [2.05, 4.69) is 20.8 Å². The van der Waals surface area contributed by atoms with Gasteiger partial charge in [-0.3, -0.25) is 20.4 Å². The van der Waals surface area contributed by atoms with Gasteiger partial charge in [0.25, 0.3) is 11.8 Å². The van der Waals surface area contributed by atoms with Gasteiger partial charge in [0.2, 0.25) is 0 Å². The fourth-order valence-corrected chi connectivity index (χ4v) is 3.88. The molecule has 0 fully saturated rings. The number of rotatable bonds is 2. The molecule has 0 unspecified atom stereocenters. The van der Waals surface area contributed by atoms with Crippen LogP contribution in [0.25, 0.3) is 20.4 Å². The second-order valence-electron chi connectivity index (χ2n) is 4.88. The van der Waals surface area contributed by atoms with E-state index < -0.39 is 11.8 Å². The molecule has 0 saturated heterocycles. The number of hydrogen-bond donors (Lipinski definition) is 2. The van der Waals surface area contributed by atoms with Crippen LogP contribution in [0, 0.1) is 0 Å². The van der Waals surface area contributed by atoms with Crippen molar-refractivity contribution >= 4 is 54.9 Å². The van der Waals surface area contributed by atoms with Crippen molar-refractivity contribution < 1.29 is 9.59 Å². The number of hydrogen-bond acceptors (Lipinski definition) is 6. The van der Waals surface area contributed by atoms with E-state index in [0.29, 0.717) is 10.0 Å². The van der Waals surface area contributed by atoms with Gasteiger partial charge in [-0.2, -0.15) is 0 Å². The molecule has 118 valence electrons. The topological polar surface area (TPSA) is 84.0 Å². The maximum Gasteiger partial charge on any atom is 0.298 e. The summed E-state index contributed by atoms with van der Waals surface area (Å²) in [5.74, 6) is -0.906. The Morgan fingerprint density at radius 3 is 1.54 bits per heavy atom. The first-order chi connectivity index (χ1) is 11.7. The highest BCUT2D eigenvalue weighted by Crippen LogP contribution is 2.22. The summed E-state index contributed by atoms with van der Waals surface area (Å²) in [4.78, 5) is 32.7. The van der Waals surface area contributed by atoms with Crippen molar-refractivity contribution in [3.63, 3.8) is 0 Å². The summed E-state index contributed by atoms with van der Waals surface area (Å²) in [6.45, 7) is 0. The fraction of sp³-hybridized carbons (Fsp3) is 0. The van der Waals surface area contributed by atoms with Crippen LogP contribution < -0.4 is 10.9 Å². The van der Waals surface area contributed by atoms with Gasteiger partial charge >= 0.3 is 0 Å². The molecule has 2 amide bonds. The van der Waals surface area contributed by atoms with Crippen molar-refractivity contribution in [3.05, 3.63) is 58.5 Å². The van der Waals surface area contributed by atoms with E-state index in [-0.39, 0.29) is 0 Å². The van der Waals surface area contributed by atoms with Gasteiger partial charge in [-0.05, 0) is 24.3 Å². The van der Waals surface area contributed by atoms with E-state index in [1.165, 1.54) is 22.7 Å². The van der Waals surface area contributed by atoms with Gasteiger partial charge in [0.15, 0.2) is 10.0 Å². The van der Waals surface area contributed by atoms with Crippen molar-refractivity contribution in [2.45, 2.75) is 0 Å². The number of nitrogens with one attached hydrogen (secondary N) is 2. The number of thiazole rings is 2. The molecular weight excluding hydrogens is 344 g/mol. The highest BCUT2D eigenvalue weighted by Gasteiger charge is 2.15. The Labute approximate surface area is 144 Å². The van der Waals surface area contributed by atoms with E-state index in [1.807, 2.05) is 48.5 Å². The van der Waals surface area contributed by atoms with E-state index in [0.717, 1.165) is 20.4 Å². The van der Waals surface area contributed by atoms with Crippen LogP contribution in [0.2, 0.25) is 0 Å². The molecule has 2 heterocycles. The summed E-state index contributed by atoms with van der Waals surface area (Å²) in [5, 5.41) is 0.585. The monoisotopic (exact) mass is 354 g/mol. The van der Waals surface area contributed by atoms with Crippen LogP contribution in [0.4, 0.5) is 0 Å². The van der Waals surface area contributed by atoms with Gasteiger partial charge in [-0.15, -0.1) is 22.7 Å². The third-order valence-electron chi connectivity index (χ3n) is 3.27. The number of hydrazine groups is 1. The Hall–Kier alpha value is -2.84. The molecule has 4 rings (SSSR count). The van der Waals surface area contributed by atoms with Crippen molar-refractivity contribution in [2.24, 2.45) is 0 Å². The zero-order chi connectivity index (χ0) is 16.5. The Balaban J connectivity index is 1.47. The average molecular weight is 354 g/mol. The Morgan fingerprint density at radius 2 is 1.12 bits per heavy atom. The summed E-state index contributed by atoms with van der Waals surface area (Å²) < 4.78 is 1.83. The standard InChI is InChI=1S/C16H10N4O2S2/c21-13(15-17-9-5-1-3-7-11(9)23-15)19-20-14(22)16-18-10-6-2-4-8-12(10)24-16/h1-8H,(H,19,21)(H,20,22). The first-order valence-corrected chi connectivity index (χ1v) is 8.66. The highest BCUT2D eigenvalue weighted by atomic mass is 32.1. The molecule has 4 aromatic rings. The molecule has 0 bridgehead atoms. The lowest BCUT2D eigenvalue weighted by Crippen LogP contribution is -2.41. The second-order valence-corrected chi connectivity index (χ2v) is 6.94. The van der Waals surface area contributed by atoms with Crippen molar-refractivity contribution in [3.8, 4) is 0 Å². The Kier molecular flexibility index (Phi) is 3.68. The first kappa shape index (κ1) is 14.7. The smallest absolute Gasteiger partial charge is 0.265 e. The minimum atomic E-state index is -0.453. The van der Waals surface area contributed by atoms with Gasteiger partial charge in [0.05, 0.1) is 20.4 Å². The third-order valence-corrected chi connectivity index (χ3v) is 5.34. The number of carbonyl (C=O) groups is 2. The van der Waals surface area contributed by atoms with Gasteiger partial charge < -0.3 is 0 Å². The molecule has 0 aliphatic heterocycles. The SMILES string of the molecule is O=C(NNC(=O)c1nc2ccccc2s1)c1nc2ccccc2s1. The molecule has 2 N–H and O–H groups in total. The second kappa shape index (κ2) is 5.99. The summed E-state index contributed by atoms with van der Waals surface area (Å²) in [6.07, 6.45) is 0. The minimum Gasteiger partial charge on any atom is -0.265 e.